The molecule has 0 aliphatic carbocycles. The highest BCUT2D eigenvalue weighted by atomic mass is 16.5. The monoisotopic (exact) mass is 479 g/mol. The van der Waals surface area contributed by atoms with Crippen molar-refractivity contribution in [3.05, 3.63) is 65.2 Å². The first-order valence-electron chi connectivity index (χ1n) is 11.9. The summed E-state index contributed by atoms with van der Waals surface area (Å²) in [6.07, 6.45) is 0.721. The number of rotatable bonds is 8. The minimum absolute atomic E-state index is 0.104. The van der Waals surface area contributed by atoms with Gasteiger partial charge in [-0.25, -0.2) is 0 Å². The molecule has 186 valence electrons. The van der Waals surface area contributed by atoms with Gasteiger partial charge in [-0.2, -0.15) is 0 Å². The molecule has 1 amide bonds. The van der Waals surface area contributed by atoms with Crippen molar-refractivity contribution in [3.63, 3.8) is 0 Å². The molecule has 8 heteroatoms. The third kappa shape index (κ3) is 5.33. The maximum Gasteiger partial charge on any atom is 0.295 e. The zero-order valence-electron chi connectivity index (χ0n) is 20.6. The molecule has 0 bridgehead atoms. The first kappa shape index (κ1) is 24.8. The van der Waals surface area contributed by atoms with E-state index < -0.39 is 17.7 Å². The lowest BCUT2D eigenvalue weighted by Gasteiger charge is -2.29. The Balaban J connectivity index is 1.69. The van der Waals surface area contributed by atoms with E-state index in [2.05, 4.69) is 4.90 Å². The van der Waals surface area contributed by atoms with Gasteiger partial charge in [-0.3, -0.25) is 14.5 Å². The number of aliphatic hydroxyl groups excluding tert-OH is 1. The van der Waals surface area contributed by atoms with Crippen LogP contribution in [0.3, 0.4) is 0 Å². The van der Waals surface area contributed by atoms with Gasteiger partial charge in [-0.05, 0) is 36.2 Å². The quantitative estimate of drug-likeness (QED) is 0.354. The van der Waals surface area contributed by atoms with Gasteiger partial charge in [0.2, 0.25) is 0 Å². The number of benzene rings is 2. The standard InChI is InChI=1S/C27H33N3O5/c1-28(2)21-10-8-19(9-11-21)24-23(25(31)20-6-4-7-22(18-20)34-3)26(32)27(33)30(24)13-5-12-29-14-16-35-17-15-29/h4,6-11,18,24,31H,5,12-17H2,1-3H3. The average Bonchev–Trinajstić information content (AvgIpc) is 3.14. The Labute approximate surface area is 206 Å². The fourth-order valence-electron chi connectivity index (χ4n) is 4.63. The van der Waals surface area contributed by atoms with Crippen molar-refractivity contribution in [3.8, 4) is 5.75 Å². The maximum atomic E-state index is 13.2. The molecule has 0 aromatic heterocycles. The Hall–Kier alpha value is -3.36. The van der Waals surface area contributed by atoms with Crippen molar-refractivity contribution in [2.24, 2.45) is 0 Å². The molecule has 1 N–H and O–H groups in total. The Bertz CT molecular complexity index is 1090. The van der Waals surface area contributed by atoms with Gasteiger partial charge >= 0.3 is 0 Å². The van der Waals surface area contributed by atoms with Gasteiger partial charge in [0.05, 0.1) is 31.9 Å². The summed E-state index contributed by atoms with van der Waals surface area (Å²) in [7, 11) is 5.45. The van der Waals surface area contributed by atoms with E-state index in [4.69, 9.17) is 9.47 Å². The van der Waals surface area contributed by atoms with Gasteiger partial charge in [0.1, 0.15) is 11.5 Å². The van der Waals surface area contributed by atoms with Crippen LogP contribution in [0.1, 0.15) is 23.6 Å². The summed E-state index contributed by atoms with van der Waals surface area (Å²) in [5.41, 5.74) is 2.33. The normalized spacial score (nSPS) is 20.3. The van der Waals surface area contributed by atoms with E-state index in [-0.39, 0.29) is 11.3 Å². The summed E-state index contributed by atoms with van der Waals surface area (Å²) in [5, 5.41) is 11.2. The molecule has 2 saturated heterocycles. The van der Waals surface area contributed by atoms with E-state index >= 15 is 0 Å². The van der Waals surface area contributed by atoms with Crippen LogP contribution >= 0.6 is 0 Å². The van der Waals surface area contributed by atoms with Gasteiger partial charge < -0.3 is 24.4 Å². The van der Waals surface area contributed by atoms with Gasteiger partial charge in [0.15, 0.2) is 0 Å². The molecule has 1 unspecified atom stereocenters. The van der Waals surface area contributed by atoms with E-state index in [1.54, 1.807) is 36.3 Å². The lowest BCUT2D eigenvalue weighted by Crippen LogP contribution is -2.38. The molecule has 1 atom stereocenters. The van der Waals surface area contributed by atoms with Crippen LogP contribution < -0.4 is 9.64 Å². The van der Waals surface area contributed by atoms with Crippen LogP contribution in [0, 0.1) is 0 Å². The van der Waals surface area contributed by atoms with Gasteiger partial charge in [-0.15, -0.1) is 0 Å². The molecule has 4 rings (SSSR count). The number of hydrogen-bond donors (Lipinski definition) is 1. The summed E-state index contributed by atoms with van der Waals surface area (Å²) < 4.78 is 10.7. The number of hydrogen-bond acceptors (Lipinski definition) is 7. The molecular formula is C27H33N3O5. The number of carbonyl (C=O) groups excluding carboxylic acids is 2. The van der Waals surface area contributed by atoms with Crippen LogP contribution in [0.4, 0.5) is 5.69 Å². The first-order valence-corrected chi connectivity index (χ1v) is 11.9. The molecule has 35 heavy (non-hydrogen) atoms. The number of ether oxygens (including phenoxy) is 2. The smallest absolute Gasteiger partial charge is 0.295 e. The van der Waals surface area contributed by atoms with Gasteiger partial charge in [0, 0.05) is 51.5 Å². The molecule has 0 spiro atoms. The number of nitrogens with zero attached hydrogens (tertiary/aromatic N) is 3. The third-order valence-corrected chi connectivity index (χ3v) is 6.59. The Morgan fingerprint density at radius 2 is 1.80 bits per heavy atom. The summed E-state index contributed by atoms with van der Waals surface area (Å²) in [5.74, 6) is -0.892. The molecule has 2 heterocycles. The number of methoxy groups -OCH3 is 1. The van der Waals surface area contributed by atoms with E-state index in [0.717, 1.165) is 37.3 Å². The summed E-state index contributed by atoms with van der Waals surface area (Å²) in [6, 6.07) is 13.9. The number of carbonyl (C=O) groups is 2. The zero-order valence-corrected chi connectivity index (χ0v) is 20.6. The van der Waals surface area contributed by atoms with Crippen LogP contribution in [0.2, 0.25) is 0 Å². The lowest BCUT2D eigenvalue weighted by molar-refractivity contribution is -0.140. The SMILES string of the molecule is COc1cccc(C(O)=C2C(=O)C(=O)N(CCCN3CCOCC3)C2c2ccc(N(C)C)cc2)c1. The Kier molecular flexibility index (Phi) is 7.73. The van der Waals surface area contributed by atoms with Crippen molar-refractivity contribution < 1.29 is 24.2 Å². The third-order valence-electron chi connectivity index (χ3n) is 6.59. The number of aliphatic hydroxyl groups is 1. The fraction of sp³-hybridized carbons (Fsp3) is 0.407. The topological polar surface area (TPSA) is 82.5 Å². The lowest BCUT2D eigenvalue weighted by atomic mass is 9.95. The van der Waals surface area contributed by atoms with Crippen LogP contribution in [-0.2, 0) is 14.3 Å². The minimum Gasteiger partial charge on any atom is -0.507 e. The fourth-order valence-corrected chi connectivity index (χ4v) is 4.63. The van der Waals surface area contributed by atoms with Crippen LogP contribution in [0.15, 0.2) is 54.1 Å². The highest BCUT2D eigenvalue weighted by molar-refractivity contribution is 6.46. The van der Waals surface area contributed by atoms with Crippen molar-refractivity contribution in [2.75, 3.05) is 65.5 Å². The molecular weight excluding hydrogens is 446 g/mol. The molecule has 8 nitrogen and oxygen atoms in total. The molecule has 2 fully saturated rings. The zero-order chi connectivity index (χ0) is 24.9. The van der Waals surface area contributed by atoms with E-state index in [0.29, 0.717) is 31.1 Å². The van der Waals surface area contributed by atoms with E-state index in [1.165, 1.54) is 0 Å². The predicted molar refractivity (Wildman–Crippen MR) is 135 cm³/mol. The second-order valence-corrected chi connectivity index (χ2v) is 9.02. The number of amides is 1. The molecule has 2 aliphatic rings. The number of likely N-dealkylation sites (tertiary alicyclic amines) is 1. The second-order valence-electron chi connectivity index (χ2n) is 9.02. The largest absolute Gasteiger partial charge is 0.507 e. The predicted octanol–water partition coefficient (Wildman–Crippen LogP) is 2.91. The van der Waals surface area contributed by atoms with Crippen molar-refractivity contribution in [2.45, 2.75) is 12.5 Å². The van der Waals surface area contributed by atoms with E-state index in [1.807, 2.05) is 43.3 Å². The molecule has 0 saturated carbocycles. The van der Waals surface area contributed by atoms with Crippen LogP contribution in [0.25, 0.3) is 5.76 Å². The van der Waals surface area contributed by atoms with Gasteiger partial charge in [-0.1, -0.05) is 24.3 Å². The molecule has 2 aromatic carbocycles. The number of morpholine rings is 1. The summed E-state index contributed by atoms with van der Waals surface area (Å²) in [4.78, 5) is 32.3. The summed E-state index contributed by atoms with van der Waals surface area (Å²) >= 11 is 0. The molecule has 0 radical (unpaired) electrons. The molecule has 2 aliphatic heterocycles. The van der Waals surface area contributed by atoms with Crippen molar-refractivity contribution >= 4 is 23.1 Å². The second kappa shape index (κ2) is 10.9. The summed E-state index contributed by atoms with van der Waals surface area (Å²) in [6.45, 7) is 4.38. The highest BCUT2D eigenvalue weighted by Gasteiger charge is 2.45. The molecule has 2 aromatic rings. The van der Waals surface area contributed by atoms with Crippen LogP contribution in [-0.4, -0.2) is 87.2 Å². The van der Waals surface area contributed by atoms with Gasteiger partial charge in [0.25, 0.3) is 11.7 Å². The first-order chi connectivity index (χ1) is 16.9. The average molecular weight is 480 g/mol. The number of Topliss-reactive ketones (excluding diaryl/α,β-unsaturated/α-hetero) is 1. The maximum absolute atomic E-state index is 13.2. The van der Waals surface area contributed by atoms with Crippen molar-refractivity contribution in [1.82, 2.24) is 9.80 Å². The van der Waals surface area contributed by atoms with Crippen LogP contribution in [0.5, 0.6) is 5.75 Å². The number of ketones is 1. The minimum atomic E-state index is -0.668. The van der Waals surface area contributed by atoms with E-state index in [9.17, 15) is 14.7 Å². The number of anilines is 1. The highest BCUT2D eigenvalue weighted by Crippen LogP contribution is 2.40. The Morgan fingerprint density at radius 3 is 2.46 bits per heavy atom. The Morgan fingerprint density at radius 1 is 1.09 bits per heavy atom. The van der Waals surface area contributed by atoms with Crippen molar-refractivity contribution in [1.29, 1.82) is 0 Å².